The molecule has 1 aliphatic rings. The summed E-state index contributed by atoms with van der Waals surface area (Å²) >= 11 is 0. The molecule has 0 saturated carbocycles. The Morgan fingerprint density at radius 1 is 1.28 bits per heavy atom. The molecule has 2 N–H and O–H groups in total. The van der Waals surface area contributed by atoms with E-state index in [2.05, 4.69) is 29.5 Å². The van der Waals surface area contributed by atoms with Gasteiger partial charge in [0.15, 0.2) is 5.96 Å². The highest BCUT2D eigenvalue weighted by molar-refractivity contribution is 14.0. The minimum Gasteiger partial charge on any atom is -0.378 e. The maximum absolute atomic E-state index is 14.5. The Kier molecular flexibility index (Phi) is 12.5. The Balaban J connectivity index is 0.00000420. The summed E-state index contributed by atoms with van der Waals surface area (Å²) in [5.41, 5.74) is 1.53. The third-order valence-electron chi connectivity index (χ3n) is 4.89. The highest BCUT2D eigenvalue weighted by Gasteiger charge is 2.16. The second-order valence-corrected chi connectivity index (χ2v) is 7.26. The Morgan fingerprint density at radius 3 is 2.59 bits per heavy atom. The minimum atomic E-state index is -0.194. The summed E-state index contributed by atoms with van der Waals surface area (Å²) in [6.45, 7) is 11.1. The quantitative estimate of drug-likeness (QED) is 0.296. The summed E-state index contributed by atoms with van der Waals surface area (Å²) < 4.78 is 25.6. The van der Waals surface area contributed by atoms with Gasteiger partial charge in [-0.2, -0.15) is 0 Å². The van der Waals surface area contributed by atoms with E-state index in [-0.39, 0.29) is 35.9 Å². The van der Waals surface area contributed by atoms with Gasteiger partial charge < -0.3 is 25.0 Å². The molecule has 0 bridgehead atoms. The zero-order chi connectivity index (χ0) is 20.4. The zero-order valence-electron chi connectivity index (χ0n) is 18.0. The van der Waals surface area contributed by atoms with Crippen molar-refractivity contribution >= 4 is 35.6 Å². The lowest BCUT2D eigenvalue weighted by Gasteiger charge is -2.29. The van der Waals surface area contributed by atoms with Crippen molar-refractivity contribution in [3.05, 3.63) is 29.6 Å². The minimum absolute atomic E-state index is 0. The van der Waals surface area contributed by atoms with Crippen LogP contribution in [-0.4, -0.2) is 58.6 Å². The summed E-state index contributed by atoms with van der Waals surface area (Å²) in [7, 11) is 1.74. The fraction of sp³-hybridized carbons (Fsp3) is 0.667. The van der Waals surface area contributed by atoms with Gasteiger partial charge in [-0.1, -0.05) is 19.9 Å². The average Bonchev–Trinajstić information content (AvgIpc) is 2.70. The molecular formula is C21H36FIN4O2. The number of ether oxygens (including phenoxy) is 2. The molecule has 1 atom stereocenters. The highest BCUT2D eigenvalue weighted by Crippen LogP contribution is 2.21. The summed E-state index contributed by atoms with van der Waals surface area (Å²) in [6.07, 6.45) is 1.15. The van der Waals surface area contributed by atoms with Crippen LogP contribution in [0.25, 0.3) is 0 Å². The van der Waals surface area contributed by atoms with Crippen molar-refractivity contribution in [2.45, 2.75) is 39.8 Å². The zero-order valence-corrected chi connectivity index (χ0v) is 20.4. The summed E-state index contributed by atoms with van der Waals surface area (Å²) in [5.74, 6) is 0.988. The van der Waals surface area contributed by atoms with Crippen LogP contribution in [0.4, 0.5) is 10.1 Å². The van der Waals surface area contributed by atoms with E-state index in [0.717, 1.165) is 38.2 Å². The molecule has 0 amide bonds. The molecule has 1 heterocycles. The Bertz CT molecular complexity index is 625. The molecular weight excluding hydrogens is 486 g/mol. The van der Waals surface area contributed by atoms with Gasteiger partial charge in [-0.05, 0) is 37.0 Å². The Hall–Kier alpha value is -1.13. The number of guanidine groups is 1. The van der Waals surface area contributed by atoms with Gasteiger partial charge in [0.1, 0.15) is 5.82 Å². The summed E-state index contributed by atoms with van der Waals surface area (Å²) in [5, 5.41) is 6.55. The molecule has 1 aliphatic heterocycles. The van der Waals surface area contributed by atoms with E-state index in [1.807, 2.05) is 24.0 Å². The lowest BCUT2D eigenvalue weighted by atomic mass is 10.0. The molecule has 0 aliphatic carbocycles. The molecule has 1 fully saturated rings. The van der Waals surface area contributed by atoms with Crippen LogP contribution >= 0.6 is 24.0 Å². The van der Waals surface area contributed by atoms with E-state index in [9.17, 15) is 4.39 Å². The van der Waals surface area contributed by atoms with E-state index < -0.39 is 0 Å². The van der Waals surface area contributed by atoms with Crippen LogP contribution in [0.15, 0.2) is 23.2 Å². The van der Waals surface area contributed by atoms with Crippen molar-refractivity contribution in [1.82, 2.24) is 10.6 Å². The SMILES string of the molecule is CCOC(CCNC(=NC)NCc1ccc(N2CCOCC2)c(F)c1)C(C)C.I. The number of nitrogens with one attached hydrogen (secondary N) is 2. The number of aliphatic imine (C=N–C) groups is 1. The topological polar surface area (TPSA) is 58.1 Å². The lowest BCUT2D eigenvalue weighted by molar-refractivity contribution is 0.0258. The molecule has 166 valence electrons. The van der Waals surface area contributed by atoms with E-state index in [1.54, 1.807) is 13.1 Å². The summed E-state index contributed by atoms with van der Waals surface area (Å²) in [6, 6.07) is 5.40. The van der Waals surface area contributed by atoms with Crippen molar-refractivity contribution in [2.24, 2.45) is 10.9 Å². The highest BCUT2D eigenvalue weighted by atomic mass is 127. The van der Waals surface area contributed by atoms with Crippen LogP contribution in [0, 0.1) is 11.7 Å². The van der Waals surface area contributed by atoms with Gasteiger partial charge in [0.2, 0.25) is 0 Å². The van der Waals surface area contributed by atoms with Crippen LogP contribution in [-0.2, 0) is 16.0 Å². The fourth-order valence-corrected chi connectivity index (χ4v) is 3.28. The number of halogens is 2. The monoisotopic (exact) mass is 522 g/mol. The summed E-state index contributed by atoms with van der Waals surface area (Å²) in [4.78, 5) is 6.27. The maximum atomic E-state index is 14.5. The number of hydrogen-bond acceptors (Lipinski definition) is 4. The van der Waals surface area contributed by atoms with Gasteiger partial charge in [0.25, 0.3) is 0 Å². The molecule has 29 heavy (non-hydrogen) atoms. The molecule has 1 saturated heterocycles. The van der Waals surface area contributed by atoms with Gasteiger partial charge in [0.05, 0.1) is 25.0 Å². The molecule has 1 unspecified atom stereocenters. The number of nitrogens with zero attached hydrogens (tertiary/aromatic N) is 2. The normalized spacial score (nSPS) is 15.8. The van der Waals surface area contributed by atoms with E-state index in [4.69, 9.17) is 9.47 Å². The second-order valence-electron chi connectivity index (χ2n) is 7.26. The fourth-order valence-electron chi connectivity index (χ4n) is 3.28. The second kappa shape index (κ2) is 14.0. The molecule has 1 aromatic rings. The number of morpholine rings is 1. The number of anilines is 1. The first-order chi connectivity index (χ1) is 13.5. The van der Waals surface area contributed by atoms with Gasteiger partial charge in [-0.15, -0.1) is 24.0 Å². The van der Waals surface area contributed by atoms with Crippen molar-refractivity contribution in [3.63, 3.8) is 0 Å². The predicted octanol–water partition coefficient (Wildman–Crippen LogP) is 3.40. The lowest BCUT2D eigenvalue weighted by Crippen LogP contribution is -2.39. The van der Waals surface area contributed by atoms with Crippen LogP contribution < -0.4 is 15.5 Å². The van der Waals surface area contributed by atoms with Crippen LogP contribution in [0.3, 0.4) is 0 Å². The number of hydrogen-bond donors (Lipinski definition) is 2. The molecule has 0 aromatic heterocycles. The van der Waals surface area contributed by atoms with Crippen LogP contribution in [0.2, 0.25) is 0 Å². The maximum Gasteiger partial charge on any atom is 0.191 e. The van der Waals surface area contributed by atoms with Crippen molar-refractivity contribution in [2.75, 3.05) is 51.4 Å². The van der Waals surface area contributed by atoms with Crippen molar-refractivity contribution < 1.29 is 13.9 Å². The molecule has 6 nitrogen and oxygen atoms in total. The van der Waals surface area contributed by atoms with E-state index in [1.165, 1.54) is 0 Å². The van der Waals surface area contributed by atoms with Gasteiger partial charge in [0, 0.05) is 39.8 Å². The van der Waals surface area contributed by atoms with Crippen molar-refractivity contribution in [3.8, 4) is 0 Å². The Labute approximate surface area is 191 Å². The number of benzene rings is 1. The van der Waals surface area contributed by atoms with Crippen LogP contribution in [0.5, 0.6) is 0 Å². The Morgan fingerprint density at radius 2 is 2.00 bits per heavy atom. The van der Waals surface area contributed by atoms with Gasteiger partial charge in [-0.25, -0.2) is 4.39 Å². The predicted molar refractivity (Wildman–Crippen MR) is 128 cm³/mol. The molecule has 0 spiro atoms. The first kappa shape index (κ1) is 25.9. The van der Waals surface area contributed by atoms with Gasteiger partial charge >= 0.3 is 0 Å². The molecule has 1 aromatic carbocycles. The average molecular weight is 522 g/mol. The van der Waals surface area contributed by atoms with E-state index in [0.29, 0.717) is 37.3 Å². The first-order valence-electron chi connectivity index (χ1n) is 10.2. The smallest absolute Gasteiger partial charge is 0.191 e. The standard InChI is InChI=1S/C21H35FN4O2.HI/c1-5-28-20(16(2)3)8-9-24-21(23-4)25-15-17-6-7-19(18(22)14-17)26-10-12-27-13-11-26;/h6-7,14,16,20H,5,8-13,15H2,1-4H3,(H2,23,24,25);1H. The van der Waals surface area contributed by atoms with Crippen LogP contribution in [0.1, 0.15) is 32.8 Å². The third-order valence-corrected chi connectivity index (χ3v) is 4.89. The molecule has 8 heteroatoms. The van der Waals surface area contributed by atoms with E-state index >= 15 is 0 Å². The third kappa shape index (κ3) is 8.64. The molecule has 2 rings (SSSR count). The molecule has 0 radical (unpaired) electrons. The number of rotatable bonds is 9. The first-order valence-corrected chi connectivity index (χ1v) is 10.2. The van der Waals surface area contributed by atoms with Gasteiger partial charge in [-0.3, -0.25) is 4.99 Å². The van der Waals surface area contributed by atoms with Crippen molar-refractivity contribution in [1.29, 1.82) is 0 Å². The largest absolute Gasteiger partial charge is 0.378 e.